The maximum Gasteiger partial charge on any atom is 0.128 e. The lowest BCUT2D eigenvalue weighted by Gasteiger charge is -2.00. The molecule has 0 unspecified atom stereocenters. The van der Waals surface area contributed by atoms with E-state index >= 15 is 0 Å². The summed E-state index contributed by atoms with van der Waals surface area (Å²) in [5.41, 5.74) is 1.29. The fourth-order valence-corrected chi connectivity index (χ4v) is 1.42. The van der Waals surface area contributed by atoms with Crippen LogP contribution in [0.2, 0.25) is 0 Å². The number of rotatable bonds is 2. The normalized spacial score (nSPS) is 12.0. The molecular formula is C12H10FNO. The predicted molar refractivity (Wildman–Crippen MR) is 57.9 cm³/mol. The molecule has 2 rings (SSSR count). The number of hydrogen-bond acceptors (Lipinski definition) is 2. The number of hydrogen-bond donors (Lipinski definition) is 1. The molecule has 76 valence electrons. The molecule has 0 aliphatic heterocycles. The first-order valence-electron chi connectivity index (χ1n) is 4.63. The van der Waals surface area contributed by atoms with E-state index in [0.29, 0.717) is 5.56 Å². The molecule has 3 heteroatoms. The Morgan fingerprint density at radius 2 is 2.27 bits per heavy atom. The minimum absolute atomic E-state index is 0.295. The van der Waals surface area contributed by atoms with Gasteiger partial charge < -0.3 is 5.11 Å². The first-order valence-corrected chi connectivity index (χ1v) is 4.63. The van der Waals surface area contributed by atoms with Gasteiger partial charge in [0.05, 0.1) is 12.1 Å². The molecule has 0 amide bonds. The Morgan fingerprint density at radius 1 is 1.40 bits per heavy atom. The van der Waals surface area contributed by atoms with Crippen LogP contribution in [0.25, 0.3) is 16.7 Å². The standard InChI is InChI=1S/C12H10FNO/c13-11(5-7-15)9-3-4-12-10(8-9)2-1-6-14-12/h1-6,8,15H,7H2. The minimum Gasteiger partial charge on any atom is -0.392 e. The summed E-state index contributed by atoms with van der Waals surface area (Å²) in [4.78, 5) is 4.14. The molecule has 1 aromatic carbocycles. The number of aliphatic hydroxyl groups excluding tert-OH is 1. The second-order valence-electron chi connectivity index (χ2n) is 3.15. The number of pyridine rings is 1. The molecule has 0 aliphatic rings. The van der Waals surface area contributed by atoms with Gasteiger partial charge in [-0.05, 0) is 30.3 Å². The molecule has 0 fully saturated rings. The Bertz CT molecular complexity index is 508. The molecule has 1 N–H and O–H groups in total. The van der Waals surface area contributed by atoms with Crippen LogP contribution in [0.15, 0.2) is 42.6 Å². The fourth-order valence-electron chi connectivity index (χ4n) is 1.42. The van der Waals surface area contributed by atoms with Crippen LogP contribution in [0, 0.1) is 0 Å². The van der Waals surface area contributed by atoms with Crippen LogP contribution in [0.4, 0.5) is 4.39 Å². The van der Waals surface area contributed by atoms with Crippen molar-refractivity contribution in [2.45, 2.75) is 0 Å². The number of fused-ring (bicyclic) bond motifs is 1. The van der Waals surface area contributed by atoms with Gasteiger partial charge in [0.2, 0.25) is 0 Å². The molecule has 0 aliphatic carbocycles. The van der Waals surface area contributed by atoms with Crippen LogP contribution < -0.4 is 0 Å². The van der Waals surface area contributed by atoms with Crippen molar-refractivity contribution in [2.75, 3.05) is 6.61 Å². The summed E-state index contributed by atoms with van der Waals surface area (Å²) in [5, 5.41) is 9.47. The van der Waals surface area contributed by atoms with E-state index in [-0.39, 0.29) is 6.61 Å². The third-order valence-corrected chi connectivity index (χ3v) is 2.15. The average molecular weight is 203 g/mol. The van der Waals surface area contributed by atoms with Crippen molar-refractivity contribution in [3.05, 3.63) is 48.2 Å². The van der Waals surface area contributed by atoms with Gasteiger partial charge in [0.25, 0.3) is 0 Å². The smallest absolute Gasteiger partial charge is 0.128 e. The zero-order valence-corrected chi connectivity index (χ0v) is 8.02. The highest BCUT2D eigenvalue weighted by Gasteiger charge is 2.01. The highest BCUT2D eigenvalue weighted by molar-refractivity contribution is 5.82. The van der Waals surface area contributed by atoms with Crippen LogP contribution >= 0.6 is 0 Å². The van der Waals surface area contributed by atoms with Crippen molar-refractivity contribution in [3.63, 3.8) is 0 Å². The SMILES string of the molecule is OCC=C(F)c1ccc2ncccc2c1. The Kier molecular flexibility index (Phi) is 2.74. The lowest BCUT2D eigenvalue weighted by molar-refractivity contribution is 0.342. The Balaban J connectivity index is 2.51. The van der Waals surface area contributed by atoms with Crippen LogP contribution in [0.5, 0.6) is 0 Å². The quantitative estimate of drug-likeness (QED) is 0.813. The van der Waals surface area contributed by atoms with Crippen LogP contribution in [0.1, 0.15) is 5.56 Å². The van der Waals surface area contributed by atoms with Gasteiger partial charge in [0.15, 0.2) is 0 Å². The van der Waals surface area contributed by atoms with Crippen LogP contribution in [-0.4, -0.2) is 16.7 Å². The van der Waals surface area contributed by atoms with E-state index in [4.69, 9.17) is 5.11 Å². The van der Waals surface area contributed by atoms with Gasteiger partial charge >= 0.3 is 0 Å². The summed E-state index contributed by atoms with van der Waals surface area (Å²) >= 11 is 0. The molecule has 1 heterocycles. The lowest BCUT2D eigenvalue weighted by Crippen LogP contribution is -1.83. The molecule has 15 heavy (non-hydrogen) atoms. The third kappa shape index (κ3) is 2.02. The van der Waals surface area contributed by atoms with Crippen LogP contribution in [0.3, 0.4) is 0 Å². The van der Waals surface area contributed by atoms with Gasteiger partial charge in [-0.2, -0.15) is 0 Å². The highest BCUT2D eigenvalue weighted by atomic mass is 19.1. The second kappa shape index (κ2) is 4.19. The average Bonchev–Trinajstić information content (AvgIpc) is 2.29. The van der Waals surface area contributed by atoms with Crippen molar-refractivity contribution < 1.29 is 9.50 Å². The van der Waals surface area contributed by atoms with Gasteiger partial charge in [-0.3, -0.25) is 4.98 Å². The molecule has 0 bridgehead atoms. The maximum absolute atomic E-state index is 13.3. The number of benzene rings is 1. The topological polar surface area (TPSA) is 33.1 Å². The Morgan fingerprint density at radius 3 is 3.07 bits per heavy atom. The molecule has 0 spiro atoms. The molecule has 0 radical (unpaired) electrons. The number of nitrogens with zero attached hydrogens (tertiary/aromatic N) is 1. The van der Waals surface area contributed by atoms with E-state index in [1.54, 1.807) is 30.5 Å². The van der Waals surface area contributed by atoms with Gasteiger partial charge in [-0.1, -0.05) is 6.07 Å². The number of halogens is 1. The van der Waals surface area contributed by atoms with E-state index in [9.17, 15) is 4.39 Å². The summed E-state index contributed by atoms with van der Waals surface area (Å²) in [6, 6.07) is 8.80. The monoisotopic (exact) mass is 203 g/mol. The molecular weight excluding hydrogens is 193 g/mol. The van der Waals surface area contributed by atoms with Crippen molar-refractivity contribution in [3.8, 4) is 0 Å². The van der Waals surface area contributed by atoms with E-state index in [2.05, 4.69) is 4.98 Å². The summed E-state index contributed by atoms with van der Waals surface area (Å²) < 4.78 is 13.3. The van der Waals surface area contributed by atoms with E-state index < -0.39 is 5.83 Å². The minimum atomic E-state index is -0.414. The van der Waals surface area contributed by atoms with E-state index in [1.807, 2.05) is 6.07 Å². The number of aliphatic hydroxyl groups is 1. The molecule has 2 nitrogen and oxygen atoms in total. The summed E-state index contributed by atoms with van der Waals surface area (Å²) in [6.07, 6.45) is 2.83. The van der Waals surface area contributed by atoms with Gasteiger partial charge in [-0.15, -0.1) is 0 Å². The zero-order chi connectivity index (χ0) is 10.7. The molecule has 0 saturated carbocycles. The fraction of sp³-hybridized carbons (Fsp3) is 0.0833. The van der Waals surface area contributed by atoms with E-state index in [0.717, 1.165) is 17.0 Å². The highest BCUT2D eigenvalue weighted by Crippen LogP contribution is 2.20. The first-order chi connectivity index (χ1) is 7.31. The molecule has 0 saturated heterocycles. The van der Waals surface area contributed by atoms with Crippen molar-refractivity contribution in [2.24, 2.45) is 0 Å². The van der Waals surface area contributed by atoms with Gasteiger partial charge in [0.1, 0.15) is 5.83 Å². The molecule has 1 aromatic heterocycles. The molecule has 0 atom stereocenters. The maximum atomic E-state index is 13.3. The van der Waals surface area contributed by atoms with Crippen molar-refractivity contribution in [1.82, 2.24) is 4.98 Å². The second-order valence-corrected chi connectivity index (χ2v) is 3.15. The summed E-state index contributed by atoms with van der Waals surface area (Å²) in [5.74, 6) is -0.414. The summed E-state index contributed by atoms with van der Waals surface area (Å²) in [6.45, 7) is -0.295. The largest absolute Gasteiger partial charge is 0.392 e. The number of aromatic nitrogens is 1. The van der Waals surface area contributed by atoms with Gasteiger partial charge in [0, 0.05) is 17.1 Å². The lowest BCUT2D eigenvalue weighted by atomic mass is 10.1. The van der Waals surface area contributed by atoms with Crippen LogP contribution in [-0.2, 0) is 0 Å². The predicted octanol–water partition coefficient (Wildman–Crippen LogP) is 2.54. The van der Waals surface area contributed by atoms with Crippen molar-refractivity contribution in [1.29, 1.82) is 0 Å². The first kappa shape index (κ1) is 9.80. The van der Waals surface area contributed by atoms with Crippen molar-refractivity contribution >= 4 is 16.7 Å². The Hall–Kier alpha value is -1.74. The Labute approximate surface area is 86.7 Å². The van der Waals surface area contributed by atoms with E-state index in [1.165, 1.54) is 0 Å². The van der Waals surface area contributed by atoms with Gasteiger partial charge in [-0.25, -0.2) is 4.39 Å². The zero-order valence-electron chi connectivity index (χ0n) is 8.02. The third-order valence-electron chi connectivity index (χ3n) is 2.15. The summed E-state index contributed by atoms with van der Waals surface area (Å²) in [7, 11) is 0. The molecule has 2 aromatic rings.